The van der Waals surface area contributed by atoms with Crippen molar-refractivity contribution in [2.75, 3.05) is 32.8 Å². The Morgan fingerprint density at radius 2 is 2.12 bits per heavy atom. The van der Waals surface area contributed by atoms with E-state index in [4.69, 9.17) is 9.15 Å². The molecule has 1 saturated heterocycles. The summed E-state index contributed by atoms with van der Waals surface area (Å²) in [7, 11) is 0. The van der Waals surface area contributed by atoms with Gasteiger partial charge < -0.3 is 14.1 Å². The number of furan rings is 1. The highest BCUT2D eigenvalue weighted by molar-refractivity contribution is 5.79. The van der Waals surface area contributed by atoms with E-state index >= 15 is 0 Å². The second kappa shape index (κ2) is 6.78. The highest BCUT2D eigenvalue weighted by Crippen LogP contribution is 2.20. The number of hydrogen-bond acceptors (Lipinski definition) is 5. The number of ether oxygens (including phenoxy) is 1. The molecule has 0 spiro atoms. The van der Waals surface area contributed by atoms with E-state index in [1.165, 1.54) is 0 Å². The molecule has 4 rings (SSSR count). The lowest BCUT2D eigenvalue weighted by molar-refractivity contribution is -0.140. The SMILES string of the molecule is O=C(C1CN(Cc2ccoc2)Cc2ccnn2C1)N1CCOCC1. The van der Waals surface area contributed by atoms with Crippen molar-refractivity contribution in [1.82, 2.24) is 19.6 Å². The summed E-state index contributed by atoms with van der Waals surface area (Å²) in [5.41, 5.74) is 2.27. The number of carbonyl (C=O) groups is 1. The summed E-state index contributed by atoms with van der Waals surface area (Å²) >= 11 is 0. The van der Waals surface area contributed by atoms with Gasteiger partial charge in [0.25, 0.3) is 0 Å². The molecule has 2 aliphatic rings. The molecule has 0 aliphatic carbocycles. The molecule has 128 valence electrons. The second-order valence-corrected chi connectivity index (χ2v) is 6.44. The Labute approximate surface area is 140 Å². The van der Waals surface area contributed by atoms with Crippen LogP contribution in [0.1, 0.15) is 11.3 Å². The van der Waals surface area contributed by atoms with Gasteiger partial charge in [0, 0.05) is 44.5 Å². The molecule has 2 aromatic heterocycles. The highest BCUT2D eigenvalue weighted by Gasteiger charge is 2.31. The summed E-state index contributed by atoms with van der Waals surface area (Å²) in [6, 6.07) is 4.00. The Morgan fingerprint density at radius 3 is 2.92 bits per heavy atom. The molecule has 7 heteroatoms. The number of carbonyl (C=O) groups excluding carboxylic acids is 1. The molecule has 2 aliphatic heterocycles. The number of hydrogen-bond donors (Lipinski definition) is 0. The van der Waals surface area contributed by atoms with Crippen LogP contribution >= 0.6 is 0 Å². The van der Waals surface area contributed by atoms with Crippen molar-refractivity contribution in [1.29, 1.82) is 0 Å². The van der Waals surface area contributed by atoms with Gasteiger partial charge >= 0.3 is 0 Å². The zero-order chi connectivity index (χ0) is 16.4. The smallest absolute Gasteiger partial charge is 0.229 e. The van der Waals surface area contributed by atoms with Crippen molar-refractivity contribution >= 4 is 5.91 Å². The second-order valence-electron chi connectivity index (χ2n) is 6.44. The topological polar surface area (TPSA) is 63.7 Å². The summed E-state index contributed by atoms with van der Waals surface area (Å²) in [6.45, 7) is 5.55. The molecule has 0 bridgehead atoms. The molecule has 0 radical (unpaired) electrons. The van der Waals surface area contributed by atoms with Gasteiger partial charge in [0.1, 0.15) is 0 Å². The first kappa shape index (κ1) is 15.4. The standard InChI is InChI=1S/C17H22N4O3/c22-17(20-4-7-23-8-5-20)15-10-19(9-14-2-6-24-13-14)12-16-1-3-18-21(16)11-15/h1-3,6,13,15H,4-5,7-12H2. The zero-order valence-corrected chi connectivity index (χ0v) is 13.6. The van der Waals surface area contributed by atoms with Gasteiger partial charge in [-0.25, -0.2) is 0 Å². The first-order chi connectivity index (χ1) is 11.8. The van der Waals surface area contributed by atoms with Gasteiger partial charge in [-0.15, -0.1) is 0 Å². The van der Waals surface area contributed by atoms with Crippen LogP contribution in [-0.2, 0) is 29.2 Å². The molecule has 1 atom stereocenters. The average molecular weight is 330 g/mol. The monoisotopic (exact) mass is 330 g/mol. The van der Waals surface area contributed by atoms with E-state index < -0.39 is 0 Å². The fraction of sp³-hybridized carbons (Fsp3) is 0.529. The number of fused-ring (bicyclic) bond motifs is 1. The van der Waals surface area contributed by atoms with Gasteiger partial charge in [-0.05, 0) is 12.1 Å². The van der Waals surface area contributed by atoms with Crippen molar-refractivity contribution in [3.63, 3.8) is 0 Å². The lowest BCUT2D eigenvalue weighted by Crippen LogP contribution is -2.46. The summed E-state index contributed by atoms with van der Waals surface area (Å²) in [5, 5.41) is 4.40. The quantitative estimate of drug-likeness (QED) is 0.839. The zero-order valence-electron chi connectivity index (χ0n) is 13.6. The van der Waals surface area contributed by atoms with E-state index in [0.29, 0.717) is 32.8 Å². The molecule has 0 saturated carbocycles. The lowest BCUT2D eigenvalue weighted by Gasteiger charge is -2.31. The number of aromatic nitrogens is 2. The van der Waals surface area contributed by atoms with E-state index in [1.807, 2.05) is 27.9 Å². The largest absolute Gasteiger partial charge is 0.472 e. The molecular formula is C17H22N4O3. The fourth-order valence-corrected chi connectivity index (χ4v) is 3.49. The van der Waals surface area contributed by atoms with Crippen LogP contribution in [0.3, 0.4) is 0 Å². The van der Waals surface area contributed by atoms with Gasteiger partial charge in [-0.3, -0.25) is 14.4 Å². The van der Waals surface area contributed by atoms with Gasteiger partial charge in [-0.2, -0.15) is 5.10 Å². The average Bonchev–Trinajstić information content (AvgIpc) is 3.24. The van der Waals surface area contributed by atoms with Crippen LogP contribution in [0.4, 0.5) is 0 Å². The van der Waals surface area contributed by atoms with Gasteiger partial charge in [-0.1, -0.05) is 0 Å². The minimum Gasteiger partial charge on any atom is -0.472 e. The number of amides is 1. The lowest BCUT2D eigenvalue weighted by atomic mass is 10.1. The van der Waals surface area contributed by atoms with Crippen molar-refractivity contribution in [2.45, 2.75) is 19.6 Å². The van der Waals surface area contributed by atoms with Crippen molar-refractivity contribution in [3.8, 4) is 0 Å². The fourth-order valence-electron chi connectivity index (χ4n) is 3.49. The Hall–Kier alpha value is -2.12. The maximum atomic E-state index is 13.0. The minimum atomic E-state index is -0.0869. The predicted octanol–water partition coefficient (Wildman–Crippen LogP) is 0.967. The Morgan fingerprint density at radius 1 is 1.25 bits per heavy atom. The molecule has 1 amide bonds. The van der Waals surface area contributed by atoms with Crippen molar-refractivity contribution in [2.24, 2.45) is 5.92 Å². The third-order valence-corrected chi connectivity index (χ3v) is 4.72. The maximum absolute atomic E-state index is 13.0. The van der Waals surface area contributed by atoms with E-state index in [-0.39, 0.29) is 11.8 Å². The summed E-state index contributed by atoms with van der Waals surface area (Å²) in [6.07, 6.45) is 5.27. The summed E-state index contributed by atoms with van der Waals surface area (Å²) in [4.78, 5) is 17.2. The Balaban J connectivity index is 1.53. The summed E-state index contributed by atoms with van der Waals surface area (Å²) in [5.74, 6) is 0.120. The molecular weight excluding hydrogens is 308 g/mol. The molecule has 1 unspecified atom stereocenters. The van der Waals surface area contributed by atoms with Crippen molar-refractivity contribution < 1.29 is 13.9 Å². The molecule has 4 heterocycles. The number of morpholine rings is 1. The minimum absolute atomic E-state index is 0.0869. The van der Waals surface area contributed by atoms with Crippen LogP contribution in [-0.4, -0.2) is 58.3 Å². The number of nitrogens with zero attached hydrogens (tertiary/aromatic N) is 4. The van der Waals surface area contributed by atoms with Gasteiger partial charge in [0.05, 0.1) is 43.9 Å². The molecule has 24 heavy (non-hydrogen) atoms. The normalized spacial score (nSPS) is 22.2. The van der Waals surface area contributed by atoms with E-state index in [2.05, 4.69) is 10.00 Å². The Bertz CT molecular complexity index is 676. The van der Waals surface area contributed by atoms with Crippen LogP contribution in [0.2, 0.25) is 0 Å². The molecule has 7 nitrogen and oxygen atoms in total. The van der Waals surface area contributed by atoms with Crippen LogP contribution in [0, 0.1) is 5.92 Å². The first-order valence-electron chi connectivity index (χ1n) is 8.40. The molecule has 1 fully saturated rings. The van der Waals surface area contributed by atoms with E-state index in [1.54, 1.807) is 12.5 Å². The predicted molar refractivity (Wildman–Crippen MR) is 85.9 cm³/mol. The summed E-state index contributed by atoms with van der Waals surface area (Å²) < 4.78 is 12.5. The third kappa shape index (κ3) is 3.22. The molecule has 0 aromatic carbocycles. The maximum Gasteiger partial charge on any atom is 0.229 e. The molecule has 0 N–H and O–H groups in total. The van der Waals surface area contributed by atoms with Crippen LogP contribution in [0.25, 0.3) is 0 Å². The van der Waals surface area contributed by atoms with Crippen LogP contribution in [0.5, 0.6) is 0 Å². The van der Waals surface area contributed by atoms with Crippen LogP contribution in [0.15, 0.2) is 35.3 Å². The Kier molecular flexibility index (Phi) is 4.36. The number of rotatable bonds is 3. The van der Waals surface area contributed by atoms with Crippen LogP contribution < -0.4 is 0 Å². The van der Waals surface area contributed by atoms with Gasteiger partial charge in [0.2, 0.25) is 5.91 Å². The van der Waals surface area contributed by atoms with E-state index in [0.717, 1.165) is 30.9 Å². The van der Waals surface area contributed by atoms with Crippen molar-refractivity contribution in [3.05, 3.63) is 42.1 Å². The highest BCUT2D eigenvalue weighted by atomic mass is 16.5. The van der Waals surface area contributed by atoms with E-state index in [9.17, 15) is 4.79 Å². The molecule has 2 aromatic rings. The first-order valence-corrected chi connectivity index (χ1v) is 8.40. The third-order valence-electron chi connectivity index (χ3n) is 4.72. The van der Waals surface area contributed by atoms with Gasteiger partial charge in [0.15, 0.2) is 0 Å².